The van der Waals surface area contributed by atoms with E-state index in [0.717, 1.165) is 22.3 Å². The largest absolute Gasteiger partial charge is 0.369 e. The third-order valence-electron chi connectivity index (χ3n) is 3.25. The van der Waals surface area contributed by atoms with E-state index in [9.17, 15) is 0 Å². The zero-order valence-corrected chi connectivity index (χ0v) is 11.6. The lowest BCUT2D eigenvalue weighted by atomic mass is 10.1. The molecule has 3 nitrogen and oxygen atoms in total. The van der Waals surface area contributed by atoms with Gasteiger partial charge in [0.05, 0.1) is 21.7 Å². The first-order valence-corrected chi connectivity index (χ1v) is 6.46. The van der Waals surface area contributed by atoms with Crippen LogP contribution in [0.2, 0.25) is 5.02 Å². The highest BCUT2D eigenvalue weighted by Gasteiger charge is 2.14. The van der Waals surface area contributed by atoms with Gasteiger partial charge >= 0.3 is 0 Å². The zero-order chi connectivity index (χ0) is 13.6. The number of hydrogen-bond acceptors (Lipinski definition) is 2. The van der Waals surface area contributed by atoms with Gasteiger partial charge in [0.25, 0.3) is 0 Å². The number of anilines is 1. The molecule has 4 heteroatoms. The minimum absolute atomic E-state index is 0.454. The van der Waals surface area contributed by atoms with Crippen LogP contribution in [0.1, 0.15) is 11.1 Å². The Morgan fingerprint density at radius 2 is 1.95 bits per heavy atom. The van der Waals surface area contributed by atoms with E-state index < -0.39 is 0 Å². The molecule has 1 heterocycles. The molecule has 0 aliphatic rings. The van der Waals surface area contributed by atoms with Gasteiger partial charge in [-0.1, -0.05) is 35.4 Å². The number of rotatable bonds is 1. The van der Waals surface area contributed by atoms with Crippen LogP contribution in [0.5, 0.6) is 0 Å². The Hall–Kier alpha value is -2.00. The first-order chi connectivity index (χ1) is 9.08. The van der Waals surface area contributed by atoms with E-state index in [1.165, 1.54) is 5.56 Å². The Balaban J connectivity index is 2.39. The fourth-order valence-electron chi connectivity index (χ4n) is 2.40. The first kappa shape index (κ1) is 12.1. The number of aromatic nitrogens is 2. The van der Waals surface area contributed by atoms with E-state index >= 15 is 0 Å². The quantitative estimate of drug-likeness (QED) is 0.730. The summed E-state index contributed by atoms with van der Waals surface area (Å²) in [7, 11) is 0. The van der Waals surface area contributed by atoms with Crippen molar-refractivity contribution >= 4 is 28.6 Å². The third-order valence-corrected chi connectivity index (χ3v) is 3.55. The van der Waals surface area contributed by atoms with E-state index in [4.69, 9.17) is 17.3 Å². The minimum Gasteiger partial charge on any atom is -0.369 e. The molecule has 0 amide bonds. The van der Waals surface area contributed by atoms with Gasteiger partial charge in [-0.15, -0.1) is 0 Å². The minimum atomic E-state index is 0.454. The van der Waals surface area contributed by atoms with Crippen LogP contribution in [0.3, 0.4) is 0 Å². The van der Waals surface area contributed by atoms with E-state index in [1.54, 1.807) is 0 Å². The Bertz CT molecular complexity index is 774. The summed E-state index contributed by atoms with van der Waals surface area (Å²) in [5.74, 6) is 0.454. The molecule has 1 aromatic heterocycles. The Morgan fingerprint density at radius 3 is 2.68 bits per heavy atom. The molecule has 3 aromatic rings. The predicted octanol–water partition coefficient (Wildman–Crippen LogP) is 3.88. The fourth-order valence-corrected chi connectivity index (χ4v) is 2.66. The summed E-state index contributed by atoms with van der Waals surface area (Å²) in [6.45, 7) is 4.13. The molecule has 0 unspecified atom stereocenters. The highest BCUT2D eigenvalue weighted by Crippen LogP contribution is 2.30. The molecule has 0 saturated heterocycles. The number of hydrogen-bond donors (Lipinski definition) is 1. The van der Waals surface area contributed by atoms with Gasteiger partial charge in [-0.3, -0.25) is 4.57 Å². The first-order valence-electron chi connectivity index (χ1n) is 6.08. The van der Waals surface area contributed by atoms with Gasteiger partial charge in [-0.25, -0.2) is 4.98 Å². The van der Waals surface area contributed by atoms with Crippen molar-refractivity contribution in [3.63, 3.8) is 0 Å². The molecule has 19 heavy (non-hydrogen) atoms. The SMILES string of the molecule is Cc1ccc(-n2c(N)nc3cccc(Cl)c32)c(C)c1. The molecule has 0 spiro atoms. The summed E-state index contributed by atoms with van der Waals surface area (Å²) in [6, 6.07) is 11.9. The number of para-hydroxylation sites is 1. The van der Waals surface area contributed by atoms with Gasteiger partial charge in [-0.05, 0) is 37.6 Å². The predicted molar refractivity (Wildman–Crippen MR) is 80.0 cm³/mol. The van der Waals surface area contributed by atoms with E-state index in [0.29, 0.717) is 11.0 Å². The average molecular weight is 272 g/mol. The van der Waals surface area contributed by atoms with Crippen molar-refractivity contribution in [3.05, 3.63) is 52.5 Å². The molecular formula is C15H14ClN3. The second-order valence-corrected chi connectivity index (χ2v) is 5.11. The Morgan fingerprint density at radius 1 is 1.16 bits per heavy atom. The molecule has 2 aromatic carbocycles. The summed E-state index contributed by atoms with van der Waals surface area (Å²) in [6.07, 6.45) is 0. The van der Waals surface area contributed by atoms with Crippen molar-refractivity contribution in [2.24, 2.45) is 0 Å². The fraction of sp³-hybridized carbons (Fsp3) is 0.133. The van der Waals surface area contributed by atoms with Crippen LogP contribution in [0.4, 0.5) is 5.95 Å². The van der Waals surface area contributed by atoms with Gasteiger partial charge in [0.2, 0.25) is 5.95 Å². The normalized spacial score (nSPS) is 11.1. The smallest absolute Gasteiger partial charge is 0.205 e. The summed E-state index contributed by atoms with van der Waals surface area (Å²) in [5, 5.41) is 0.654. The van der Waals surface area contributed by atoms with Crippen molar-refractivity contribution in [3.8, 4) is 5.69 Å². The number of nitrogens with two attached hydrogens (primary N) is 1. The van der Waals surface area contributed by atoms with Crippen LogP contribution < -0.4 is 5.73 Å². The van der Waals surface area contributed by atoms with Gasteiger partial charge in [0.15, 0.2) is 0 Å². The maximum absolute atomic E-state index is 6.29. The lowest BCUT2D eigenvalue weighted by Gasteiger charge is -2.11. The average Bonchev–Trinajstić information content (AvgIpc) is 2.67. The second kappa shape index (κ2) is 4.28. The second-order valence-electron chi connectivity index (χ2n) is 4.70. The molecule has 0 atom stereocenters. The molecule has 0 saturated carbocycles. The molecule has 3 rings (SSSR count). The number of nitrogen functional groups attached to an aromatic ring is 1. The van der Waals surface area contributed by atoms with Gasteiger partial charge in [-0.2, -0.15) is 0 Å². The monoisotopic (exact) mass is 271 g/mol. The highest BCUT2D eigenvalue weighted by atomic mass is 35.5. The molecule has 0 radical (unpaired) electrons. The molecule has 96 valence electrons. The summed E-state index contributed by atoms with van der Waals surface area (Å²) < 4.78 is 1.91. The number of benzene rings is 2. The summed E-state index contributed by atoms with van der Waals surface area (Å²) >= 11 is 6.29. The molecule has 0 aliphatic heterocycles. The molecule has 2 N–H and O–H groups in total. The summed E-state index contributed by atoms with van der Waals surface area (Å²) in [5.41, 5.74) is 11.1. The summed E-state index contributed by atoms with van der Waals surface area (Å²) in [4.78, 5) is 4.37. The van der Waals surface area contributed by atoms with Crippen LogP contribution in [-0.2, 0) is 0 Å². The molecule has 0 aliphatic carbocycles. The highest BCUT2D eigenvalue weighted by molar-refractivity contribution is 6.35. The number of nitrogens with zero attached hydrogens (tertiary/aromatic N) is 2. The third kappa shape index (κ3) is 1.87. The van der Waals surface area contributed by atoms with Crippen molar-refractivity contribution in [1.82, 2.24) is 9.55 Å². The van der Waals surface area contributed by atoms with Gasteiger partial charge in [0, 0.05) is 0 Å². The van der Waals surface area contributed by atoms with Crippen molar-refractivity contribution in [1.29, 1.82) is 0 Å². The molecule has 0 bridgehead atoms. The van der Waals surface area contributed by atoms with Gasteiger partial charge < -0.3 is 5.73 Å². The van der Waals surface area contributed by atoms with Crippen molar-refractivity contribution in [2.75, 3.05) is 5.73 Å². The van der Waals surface area contributed by atoms with E-state index in [2.05, 4.69) is 31.0 Å². The molecule has 0 fully saturated rings. The van der Waals surface area contributed by atoms with E-state index in [1.807, 2.05) is 28.8 Å². The van der Waals surface area contributed by atoms with Crippen LogP contribution in [-0.4, -0.2) is 9.55 Å². The Kier molecular flexibility index (Phi) is 2.72. The van der Waals surface area contributed by atoms with Crippen LogP contribution >= 0.6 is 11.6 Å². The van der Waals surface area contributed by atoms with E-state index in [-0.39, 0.29) is 0 Å². The topological polar surface area (TPSA) is 43.8 Å². The maximum atomic E-state index is 6.29. The van der Waals surface area contributed by atoms with Crippen LogP contribution in [0, 0.1) is 13.8 Å². The zero-order valence-electron chi connectivity index (χ0n) is 10.8. The molecular weight excluding hydrogens is 258 g/mol. The van der Waals surface area contributed by atoms with Crippen LogP contribution in [0.15, 0.2) is 36.4 Å². The lowest BCUT2D eigenvalue weighted by Crippen LogP contribution is -2.03. The lowest BCUT2D eigenvalue weighted by molar-refractivity contribution is 1.09. The van der Waals surface area contributed by atoms with Crippen molar-refractivity contribution in [2.45, 2.75) is 13.8 Å². The number of aryl methyl sites for hydroxylation is 2. The number of fused-ring (bicyclic) bond motifs is 1. The van der Waals surface area contributed by atoms with Gasteiger partial charge in [0.1, 0.15) is 0 Å². The number of imidazole rings is 1. The number of halogens is 1. The van der Waals surface area contributed by atoms with Crippen molar-refractivity contribution < 1.29 is 0 Å². The maximum Gasteiger partial charge on any atom is 0.205 e. The Labute approximate surface area is 116 Å². The van der Waals surface area contributed by atoms with Crippen LogP contribution in [0.25, 0.3) is 16.7 Å². The standard InChI is InChI=1S/C15H14ClN3/c1-9-6-7-13(10(2)8-9)19-14-11(16)4-3-5-12(14)18-15(19)17/h3-8H,1-2H3,(H2,17,18).